The summed E-state index contributed by atoms with van der Waals surface area (Å²) in [6, 6.07) is 14.4. The van der Waals surface area contributed by atoms with Crippen molar-refractivity contribution >= 4 is 27.3 Å². The van der Waals surface area contributed by atoms with E-state index in [1.165, 1.54) is 4.31 Å². The van der Waals surface area contributed by atoms with Crippen LogP contribution in [0.25, 0.3) is 0 Å². The summed E-state index contributed by atoms with van der Waals surface area (Å²) in [5, 5.41) is 2.84. The first-order valence-electron chi connectivity index (χ1n) is 9.10. The normalized spacial score (nSPS) is 16.0. The minimum absolute atomic E-state index is 0.127. The molecule has 1 N–H and O–H groups in total. The van der Waals surface area contributed by atoms with Crippen LogP contribution in [-0.4, -0.2) is 33.2 Å². The lowest BCUT2D eigenvalue weighted by Crippen LogP contribution is -2.37. The summed E-state index contributed by atoms with van der Waals surface area (Å²) in [7, 11) is -3.23. The van der Waals surface area contributed by atoms with E-state index >= 15 is 0 Å². The van der Waals surface area contributed by atoms with E-state index in [4.69, 9.17) is 4.74 Å². The largest absolute Gasteiger partial charge is 0.494 e. The Labute approximate surface area is 160 Å². The summed E-state index contributed by atoms with van der Waals surface area (Å²) in [6.07, 6.45) is 1.83. The van der Waals surface area contributed by atoms with Gasteiger partial charge in [-0.25, -0.2) is 8.42 Å². The quantitative estimate of drug-likeness (QED) is 0.825. The molecule has 0 atom stereocenters. The first-order valence-corrected chi connectivity index (χ1v) is 10.7. The number of anilines is 2. The van der Waals surface area contributed by atoms with Crippen LogP contribution in [0.5, 0.6) is 5.75 Å². The zero-order valence-corrected chi connectivity index (χ0v) is 16.2. The van der Waals surface area contributed by atoms with E-state index < -0.39 is 10.0 Å². The summed E-state index contributed by atoms with van der Waals surface area (Å²) in [6.45, 7) is 3.04. The summed E-state index contributed by atoms with van der Waals surface area (Å²) >= 11 is 0. The average Bonchev–Trinajstić information content (AvgIpc) is 2.64. The van der Waals surface area contributed by atoms with Crippen molar-refractivity contribution in [3.8, 4) is 5.75 Å². The van der Waals surface area contributed by atoms with Gasteiger partial charge in [0, 0.05) is 12.2 Å². The van der Waals surface area contributed by atoms with Gasteiger partial charge in [0.2, 0.25) is 15.9 Å². The molecule has 7 heteroatoms. The van der Waals surface area contributed by atoms with E-state index in [0.29, 0.717) is 30.9 Å². The number of benzene rings is 2. The number of carbonyl (C=O) groups excluding carboxylic acids is 1. The molecular weight excluding hydrogens is 364 g/mol. The maximum atomic E-state index is 12.2. The molecule has 2 aromatic carbocycles. The van der Waals surface area contributed by atoms with Crippen molar-refractivity contribution < 1.29 is 17.9 Å². The lowest BCUT2D eigenvalue weighted by Gasteiger charge is -2.28. The third kappa shape index (κ3) is 5.01. The van der Waals surface area contributed by atoms with E-state index in [-0.39, 0.29) is 18.1 Å². The van der Waals surface area contributed by atoms with Gasteiger partial charge >= 0.3 is 0 Å². The van der Waals surface area contributed by atoms with Gasteiger partial charge in [0.25, 0.3) is 0 Å². The Hall–Kier alpha value is -2.54. The SMILES string of the molecule is CCOc1ccc(CC(=O)Nc2ccc(N3CCCCS3(=O)=O)cc2)cc1. The average molecular weight is 388 g/mol. The molecular formula is C20H24N2O4S. The fourth-order valence-electron chi connectivity index (χ4n) is 3.05. The van der Waals surface area contributed by atoms with Crippen LogP contribution in [0.1, 0.15) is 25.3 Å². The van der Waals surface area contributed by atoms with Crippen molar-refractivity contribution in [3.05, 3.63) is 54.1 Å². The summed E-state index contributed by atoms with van der Waals surface area (Å²) in [5.74, 6) is 0.843. The van der Waals surface area contributed by atoms with Crippen LogP contribution in [0.15, 0.2) is 48.5 Å². The highest BCUT2D eigenvalue weighted by Crippen LogP contribution is 2.25. The Kier molecular flexibility index (Phi) is 6.01. The predicted molar refractivity (Wildman–Crippen MR) is 107 cm³/mol. The zero-order chi connectivity index (χ0) is 19.3. The number of nitrogens with one attached hydrogen (secondary N) is 1. The number of nitrogens with zero attached hydrogens (tertiary/aromatic N) is 1. The van der Waals surface area contributed by atoms with Crippen LogP contribution in [0.3, 0.4) is 0 Å². The molecule has 1 heterocycles. The highest BCUT2D eigenvalue weighted by atomic mass is 32.2. The highest BCUT2D eigenvalue weighted by Gasteiger charge is 2.25. The molecule has 144 valence electrons. The standard InChI is InChI=1S/C20H24N2O4S/c1-2-26-19-11-5-16(6-12-19)15-20(23)21-17-7-9-18(10-8-17)22-13-3-4-14-27(22,24)25/h5-12H,2-4,13-15H2,1H3,(H,21,23). The number of hydrogen-bond acceptors (Lipinski definition) is 4. The molecule has 1 saturated heterocycles. The minimum Gasteiger partial charge on any atom is -0.494 e. The van der Waals surface area contributed by atoms with Gasteiger partial charge in [-0.3, -0.25) is 9.10 Å². The maximum absolute atomic E-state index is 12.2. The first-order chi connectivity index (χ1) is 13.0. The number of amides is 1. The van der Waals surface area contributed by atoms with Gasteiger partial charge < -0.3 is 10.1 Å². The van der Waals surface area contributed by atoms with E-state index in [1.807, 2.05) is 31.2 Å². The second-order valence-electron chi connectivity index (χ2n) is 6.44. The molecule has 2 aromatic rings. The molecule has 3 rings (SSSR count). The van der Waals surface area contributed by atoms with Gasteiger partial charge in [0.05, 0.1) is 24.5 Å². The van der Waals surface area contributed by atoms with Gasteiger partial charge in [-0.15, -0.1) is 0 Å². The maximum Gasteiger partial charge on any atom is 0.235 e. The Morgan fingerprint density at radius 3 is 2.41 bits per heavy atom. The molecule has 1 fully saturated rings. The van der Waals surface area contributed by atoms with Crippen LogP contribution in [0.2, 0.25) is 0 Å². The van der Waals surface area contributed by atoms with E-state index in [9.17, 15) is 13.2 Å². The lowest BCUT2D eigenvalue weighted by atomic mass is 10.1. The number of ether oxygens (including phenoxy) is 1. The monoisotopic (exact) mass is 388 g/mol. The Morgan fingerprint density at radius 2 is 1.78 bits per heavy atom. The molecule has 27 heavy (non-hydrogen) atoms. The van der Waals surface area contributed by atoms with E-state index in [0.717, 1.165) is 17.7 Å². The molecule has 1 aliphatic rings. The number of carbonyl (C=O) groups is 1. The molecule has 1 aliphatic heterocycles. The topological polar surface area (TPSA) is 75.7 Å². The second kappa shape index (κ2) is 8.43. The van der Waals surface area contributed by atoms with Crippen LogP contribution in [0.4, 0.5) is 11.4 Å². The number of hydrogen-bond donors (Lipinski definition) is 1. The third-order valence-corrected chi connectivity index (χ3v) is 6.26. The van der Waals surface area contributed by atoms with Gasteiger partial charge in [-0.05, 0) is 61.7 Å². The van der Waals surface area contributed by atoms with Crippen molar-refractivity contribution in [1.82, 2.24) is 0 Å². The van der Waals surface area contributed by atoms with Crippen molar-refractivity contribution in [2.24, 2.45) is 0 Å². The number of rotatable bonds is 6. The van der Waals surface area contributed by atoms with Crippen molar-refractivity contribution in [1.29, 1.82) is 0 Å². The smallest absolute Gasteiger partial charge is 0.235 e. The summed E-state index contributed by atoms with van der Waals surface area (Å²) < 4.78 is 31.2. The van der Waals surface area contributed by atoms with E-state index in [1.54, 1.807) is 24.3 Å². The summed E-state index contributed by atoms with van der Waals surface area (Å²) in [5.41, 5.74) is 2.18. The predicted octanol–water partition coefficient (Wildman–Crippen LogP) is 3.20. The molecule has 0 unspecified atom stereocenters. The van der Waals surface area contributed by atoms with Gasteiger partial charge in [-0.1, -0.05) is 12.1 Å². The highest BCUT2D eigenvalue weighted by molar-refractivity contribution is 7.92. The molecule has 0 spiro atoms. The molecule has 0 aliphatic carbocycles. The van der Waals surface area contributed by atoms with Gasteiger partial charge in [-0.2, -0.15) is 0 Å². The van der Waals surface area contributed by atoms with Crippen molar-refractivity contribution in [3.63, 3.8) is 0 Å². The molecule has 6 nitrogen and oxygen atoms in total. The lowest BCUT2D eigenvalue weighted by molar-refractivity contribution is -0.115. The van der Waals surface area contributed by atoms with Crippen LogP contribution in [-0.2, 0) is 21.2 Å². The fourth-order valence-corrected chi connectivity index (χ4v) is 4.69. The Morgan fingerprint density at radius 1 is 1.07 bits per heavy atom. The van der Waals surface area contributed by atoms with Gasteiger partial charge in [0.1, 0.15) is 5.75 Å². The van der Waals surface area contributed by atoms with Gasteiger partial charge in [0.15, 0.2) is 0 Å². The molecule has 0 aromatic heterocycles. The van der Waals surface area contributed by atoms with Crippen molar-refractivity contribution in [2.45, 2.75) is 26.2 Å². The second-order valence-corrected chi connectivity index (χ2v) is 8.46. The van der Waals surface area contributed by atoms with Crippen LogP contribution >= 0.6 is 0 Å². The minimum atomic E-state index is -3.23. The summed E-state index contributed by atoms with van der Waals surface area (Å²) in [4.78, 5) is 12.2. The molecule has 0 bridgehead atoms. The first kappa shape index (κ1) is 19.2. The Bertz CT molecular complexity index is 877. The van der Waals surface area contributed by atoms with Crippen LogP contribution < -0.4 is 14.4 Å². The number of sulfonamides is 1. The molecule has 0 radical (unpaired) electrons. The fraction of sp³-hybridized carbons (Fsp3) is 0.350. The molecule has 1 amide bonds. The van der Waals surface area contributed by atoms with Crippen molar-refractivity contribution in [2.75, 3.05) is 28.5 Å². The van der Waals surface area contributed by atoms with E-state index in [2.05, 4.69) is 5.32 Å². The Balaban J connectivity index is 1.60. The third-order valence-electron chi connectivity index (χ3n) is 4.39. The van der Waals surface area contributed by atoms with Crippen LogP contribution in [0, 0.1) is 0 Å². The molecule has 0 saturated carbocycles. The zero-order valence-electron chi connectivity index (χ0n) is 15.3.